The lowest BCUT2D eigenvalue weighted by Crippen LogP contribution is -2.55. The van der Waals surface area contributed by atoms with Crippen LogP contribution >= 0.6 is 0 Å². The van der Waals surface area contributed by atoms with Gasteiger partial charge < -0.3 is 15.0 Å². The summed E-state index contributed by atoms with van der Waals surface area (Å²) in [6.07, 6.45) is 4.44. The summed E-state index contributed by atoms with van der Waals surface area (Å²) in [5.41, 5.74) is 1.01. The van der Waals surface area contributed by atoms with Crippen LogP contribution in [0, 0.1) is 5.82 Å². The van der Waals surface area contributed by atoms with Crippen LogP contribution in [-0.2, 0) is 11.2 Å². The monoisotopic (exact) mass is 342 g/mol. The number of aromatic nitrogens is 2. The molecule has 0 saturated carbocycles. The number of rotatable bonds is 3. The summed E-state index contributed by atoms with van der Waals surface area (Å²) < 4.78 is 19.1. The van der Waals surface area contributed by atoms with E-state index in [1.165, 1.54) is 12.1 Å². The van der Waals surface area contributed by atoms with E-state index in [1.54, 1.807) is 12.1 Å². The van der Waals surface area contributed by atoms with Crippen molar-refractivity contribution in [3.8, 4) is 0 Å². The predicted molar refractivity (Wildman–Crippen MR) is 94.2 cm³/mol. The zero-order valence-corrected chi connectivity index (χ0v) is 14.2. The second kappa shape index (κ2) is 7.06. The van der Waals surface area contributed by atoms with Crippen molar-refractivity contribution in [2.75, 3.05) is 37.7 Å². The molecule has 2 aromatic rings. The molecular formula is C19H23FN4O. The van der Waals surface area contributed by atoms with Gasteiger partial charge in [0.15, 0.2) is 0 Å². The Bertz CT molecular complexity index is 706. The summed E-state index contributed by atoms with van der Waals surface area (Å²) >= 11 is 0. The van der Waals surface area contributed by atoms with E-state index < -0.39 is 0 Å². The van der Waals surface area contributed by atoms with Crippen LogP contribution in [0.1, 0.15) is 24.2 Å². The first kappa shape index (κ1) is 16.4. The summed E-state index contributed by atoms with van der Waals surface area (Å²) in [7, 11) is 0. The summed E-state index contributed by atoms with van der Waals surface area (Å²) in [5.74, 6) is 1.51. The molecule has 25 heavy (non-hydrogen) atoms. The number of benzene rings is 1. The third-order valence-corrected chi connectivity index (χ3v) is 5.10. The van der Waals surface area contributed by atoms with Crippen molar-refractivity contribution in [3.63, 3.8) is 0 Å². The molecule has 0 bridgehead atoms. The first-order valence-electron chi connectivity index (χ1n) is 8.89. The Kier molecular flexibility index (Phi) is 4.63. The highest BCUT2D eigenvalue weighted by atomic mass is 19.1. The van der Waals surface area contributed by atoms with Crippen molar-refractivity contribution in [1.29, 1.82) is 0 Å². The normalized spacial score (nSPS) is 20.0. The van der Waals surface area contributed by atoms with Crippen LogP contribution in [0.5, 0.6) is 0 Å². The number of anilines is 1. The van der Waals surface area contributed by atoms with Gasteiger partial charge in [-0.3, -0.25) is 0 Å². The van der Waals surface area contributed by atoms with Crippen LogP contribution in [0.25, 0.3) is 0 Å². The molecule has 4 rings (SSSR count). The minimum atomic E-state index is -0.222. The molecule has 2 saturated heterocycles. The third-order valence-electron chi connectivity index (χ3n) is 5.10. The Balaban J connectivity index is 1.42. The van der Waals surface area contributed by atoms with Crippen LogP contribution in [0.4, 0.5) is 10.2 Å². The topological polar surface area (TPSA) is 50.3 Å². The number of morpholine rings is 1. The van der Waals surface area contributed by atoms with Gasteiger partial charge in [-0.25, -0.2) is 14.4 Å². The van der Waals surface area contributed by atoms with Gasteiger partial charge in [-0.2, -0.15) is 0 Å². The van der Waals surface area contributed by atoms with E-state index >= 15 is 0 Å². The fourth-order valence-electron chi connectivity index (χ4n) is 3.61. The SMILES string of the molecule is Fc1ccc(Cc2nccc(N3CCC4(CC3)CNCCO4)n2)cc1. The van der Waals surface area contributed by atoms with Crippen molar-refractivity contribution >= 4 is 5.82 Å². The summed E-state index contributed by atoms with van der Waals surface area (Å²) in [6.45, 7) is 4.57. The molecule has 0 atom stereocenters. The number of nitrogens with one attached hydrogen (secondary N) is 1. The molecule has 5 nitrogen and oxygen atoms in total. The second-order valence-electron chi connectivity index (χ2n) is 6.83. The first-order valence-corrected chi connectivity index (χ1v) is 8.89. The van der Waals surface area contributed by atoms with Crippen LogP contribution in [0.15, 0.2) is 36.5 Å². The average molecular weight is 342 g/mol. The molecule has 3 heterocycles. The molecule has 132 valence electrons. The van der Waals surface area contributed by atoms with Crippen molar-refractivity contribution in [3.05, 3.63) is 53.7 Å². The van der Waals surface area contributed by atoms with Gasteiger partial charge in [0.05, 0.1) is 12.2 Å². The number of nitrogens with zero attached hydrogens (tertiary/aromatic N) is 3. The molecule has 0 unspecified atom stereocenters. The molecule has 0 amide bonds. The first-order chi connectivity index (χ1) is 12.2. The second-order valence-corrected chi connectivity index (χ2v) is 6.83. The Morgan fingerprint density at radius 1 is 1.16 bits per heavy atom. The minimum absolute atomic E-state index is 0.00127. The summed E-state index contributed by atoms with van der Waals surface area (Å²) in [6, 6.07) is 8.47. The van der Waals surface area contributed by atoms with Gasteiger partial charge in [0.2, 0.25) is 0 Å². The van der Waals surface area contributed by atoms with E-state index in [9.17, 15) is 4.39 Å². The Hall–Kier alpha value is -2.05. The maximum absolute atomic E-state index is 13.0. The zero-order chi connectivity index (χ0) is 17.1. The number of ether oxygens (including phenoxy) is 1. The standard InChI is InChI=1S/C19H23FN4O/c20-16-3-1-15(2-4-16)13-17-22-8-5-18(23-17)24-10-6-19(7-11-24)14-21-9-12-25-19/h1-5,8,21H,6-7,9-14H2. The summed E-state index contributed by atoms with van der Waals surface area (Å²) in [4.78, 5) is 11.4. The van der Waals surface area contributed by atoms with Gasteiger partial charge in [-0.1, -0.05) is 12.1 Å². The van der Waals surface area contributed by atoms with Crippen molar-refractivity contribution in [2.45, 2.75) is 24.9 Å². The number of piperidine rings is 1. The molecule has 0 radical (unpaired) electrons. The lowest BCUT2D eigenvalue weighted by Gasteiger charge is -2.44. The molecule has 6 heteroatoms. The van der Waals surface area contributed by atoms with Gasteiger partial charge in [0.25, 0.3) is 0 Å². The Labute approximate surface area is 147 Å². The van der Waals surface area contributed by atoms with Gasteiger partial charge >= 0.3 is 0 Å². The average Bonchev–Trinajstić information content (AvgIpc) is 2.65. The quantitative estimate of drug-likeness (QED) is 0.926. The van der Waals surface area contributed by atoms with Crippen molar-refractivity contribution in [2.24, 2.45) is 0 Å². The number of hydrogen-bond donors (Lipinski definition) is 1. The number of hydrogen-bond acceptors (Lipinski definition) is 5. The Morgan fingerprint density at radius 3 is 2.68 bits per heavy atom. The van der Waals surface area contributed by atoms with E-state index in [4.69, 9.17) is 9.72 Å². The molecule has 1 aromatic heterocycles. The van der Waals surface area contributed by atoms with Crippen LogP contribution < -0.4 is 10.2 Å². The number of halogens is 1. The van der Waals surface area contributed by atoms with Crippen LogP contribution in [0.2, 0.25) is 0 Å². The molecule has 1 spiro atoms. The van der Waals surface area contributed by atoms with E-state index in [0.717, 1.165) is 62.8 Å². The molecule has 2 fully saturated rings. The zero-order valence-electron chi connectivity index (χ0n) is 14.2. The van der Waals surface area contributed by atoms with E-state index in [-0.39, 0.29) is 11.4 Å². The van der Waals surface area contributed by atoms with Crippen LogP contribution in [0.3, 0.4) is 0 Å². The van der Waals surface area contributed by atoms with Crippen molar-refractivity contribution < 1.29 is 9.13 Å². The lowest BCUT2D eigenvalue weighted by atomic mass is 9.90. The predicted octanol–water partition coefficient (Wildman–Crippen LogP) is 2.17. The molecule has 2 aliphatic rings. The molecular weight excluding hydrogens is 319 g/mol. The highest BCUT2D eigenvalue weighted by Gasteiger charge is 2.37. The molecule has 2 aliphatic heterocycles. The largest absolute Gasteiger partial charge is 0.372 e. The molecule has 0 aliphatic carbocycles. The summed E-state index contributed by atoms with van der Waals surface area (Å²) in [5, 5.41) is 3.44. The van der Waals surface area contributed by atoms with Gasteiger partial charge in [0, 0.05) is 38.8 Å². The van der Waals surface area contributed by atoms with Crippen LogP contribution in [-0.4, -0.2) is 48.4 Å². The van der Waals surface area contributed by atoms with Gasteiger partial charge in [-0.15, -0.1) is 0 Å². The van der Waals surface area contributed by atoms with E-state index in [1.807, 2.05) is 12.3 Å². The van der Waals surface area contributed by atoms with E-state index in [0.29, 0.717) is 6.42 Å². The van der Waals surface area contributed by atoms with Gasteiger partial charge in [0.1, 0.15) is 17.5 Å². The molecule has 1 aromatic carbocycles. The Morgan fingerprint density at radius 2 is 1.96 bits per heavy atom. The van der Waals surface area contributed by atoms with Gasteiger partial charge in [-0.05, 0) is 36.6 Å². The maximum atomic E-state index is 13.0. The highest BCUT2D eigenvalue weighted by Crippen LogP contribution is 2.29. The minimum Gasteiger partial charge on any atom is -0.372 e. The smallest absolute Gasteiger partial charge is 0.135 e. The highest BCUT2D eigenvalue weighted by molar-refractivity contribution is 5.39. The third kappa shape index (κ3) is 3.80. The fourth-order valence-corrected chi connectivity index (χ4v) is 3.61. The van der Waals surface area contributed by atoms with E-state index in [2.05, 4.69) is 15.2 Å². The van der Waals surface area contributed by atoms with Crippen molar-refractivity contribution in [1.82, 2.24) is 15.3 Å². The fraction of sp³-hybridized carbons (Fsp3) is 0.474. The maximum Gasteiger partial charge on any atom is 0.135 e. The lowest BCUT2D eigenvalue weighted by molar-refractivity contribution is -0.0800. The molecule has 1 N–H and O–H groups in total.